The van der Waals surface area contributed by atoms with Gasteiger partial charge in [-0.25, -0.2) is 0 Å². The highest BCUT2D eigenvalue weighted by molar-refractivity contribution is 5.75. The molecule has 1 saturated heterocycles. The fourth-order valence-corrected chi connectivity index (χ4v) is 2.12. The molecule has 1 fully saturated rings. The molecule has 3 nitrogen and oxygen atoms in total. The Morgan fingerprint density at radius 1 is 1.53 bits per heavy atom. The van der Waals surface area contributed by atoms with Gasteiger partial charge < -0.3 is 4.74 Å². The van der Waals surface area contributed by atoms with Gasteiger partial charge >= 0.3 is 0 Å². The molecule has 1 N–H and O–H groups in total. The van der Waals surface area contributed by atoms with E-state index in [0.29, 0.717) is 5.56 Å². The van der Waals surface area contributed by atoms with Gasteiger partial charge in [-0.05, 0) is 31.0 Å². The van der Waals surface area contributed by atoms with Crippen LogP contribution in [0.4, 0.5) is 0 Å². The zero-order chi connectivity index (χ0) is 10.7. The smallest absolute Gasteiger partial charge is 0.150 e. The maximum absolute atomic E-state index is 10.7. The van der Waals surface area contributed by atoms with Gasteiger partial charge in [0.15, 0.2) is 0 Å². The van der Waals surface area contributed by atoms with Crippen molar-refractivity contribution in [1.82, 2.24) is 5.32 Å². The highest BCUT2D eigenvalue weighted by Gasteiger charge is 2.35. The fraction of sp³-hybridized carbons (Fsp3) is 0.417. The van der Waals surface area contributed by atoms with Crippen molar-refractivity contribution >= 4 is 6.29 Å². The molecule has 1 aromatic carbocycles. The highest BCUT2D eigenvalue weighted by atomic mass is 16.5. The van der Waals surface area contributed by atoms with Crippen LogP contribution in [-0.2, 0) is 10.5 Å². The molecule has 0 spiro atoms. The van der Waals surface area contributed by atoms with Gasteiger partial charge in [-0.3, -0.25) is 10.1 Å². The summed E-state index contributed by atoms with van der Waals surface area (Å²) in [6, 6.07) is 7.57. The normalized spacial score (nSPS) is 25.4. The van der Waals surface area contributed by atoms with E-state index in [-0.39, 0.29) is 5.72 Å². The molecule has 1 aromatic rings. The lowest BCUT2D eigenvalue weighted by atomic mass is 9.99. The summed E-state index contributed by atoms with van der Waals surface area (Å²) in [4.78, 5) is 10.7. The molecule has 0 aliphatic carbocycles. The Labute approximate surface area is 89.4 Å². The lowest BCUT2D eigenvalue weighted by molar-refractivity contribution is -0.0286. The molecule has 0 amide bonds. The van der Waals surface area contributed by atoms with Gasteiger partial charge in [-0.1, -0.05) is 18.2 Å². The third-order valence-electron chi connectivity index (χ3n) is 2.95. The van der Waals surface area contributed by atoms with E-state index in [4.69, 9.17) is 4.74 Å². The molecule has 2 rings (SSSR count). The Hall–Kier alpha value is -1.19. The van der Waals surface area contributed by atoms with Gasteiger partial charge in [0.25, 0.3) is 0 Å². The van der Waals surface area contributed by atoms with Crippen molar-refractivity contribution in [1.29, 1.82) is 0 Å². The number of hydrogen-bond donors (Lipinski definition) is 1. The number of ether oxygens (including phenoxy) is 1. The number of carbonyl (C=O) groups excluding carboxylic acids is 1. The van der Waals surface area contributed by atoms with Crippen LogP contribution in [0, 0.1) is 0 Å². The van der Waals surface area contributed by atoms with Crippen LogP contribution in [0.5, 0.6) is 0 Å². The molecule has 0 radical (unpaired) electrons. The number of hydrogen-bond acceptors (Lipinski definition) is 3. The fourth-order valence-electron chi connectivity index (χ4n) is 2.12. The minimum Gasteiger partial charge on any atom is -0.360 e. The van der Waals surface area contributed by atoms with Crippen LogP contribution >= 0.6 is 0 Å². The van der Waals surface area contributed by atoms with Gasteiger partial charge in [-0.15, -0.1) is 0 Å². The lowest BCUT2D eigenvalue weighted by Crippen LogP contribution is -2.38. The third-order valence-corrected chi connectivity index (χ3v) is 2.95. The van der Waals surface area contributed by atoms with Crippen molar-refractivity contribution in [2.45, 2.75) is 18.6 Å². The zero-order valence-electron chi connectivity index (χ0n) is 8.82. The second-order valence-corrected chi connectivity index (χ2v) is 3.80. The molecule has 1 atom stereocenters. The molecule has 0 aromatic heterocycles. The SMILES string of the molecule is CO[C@@]1(c2cccc(C=O)c2)CCCN1. The number of rotatable bonds is 3. The first-order chi connectivity index (χ1) is 7.30. The van der Waals surface area contributed by atoms with E-state index in [1.54, 1.807) is 13.2 Å². The molecule has 0 unspecified atom stereocenters. The van der Waals surface area contributed by atoms with Crippen molar-refractivity contribution in [3.8, 4) is 0 Å². The van der Waals surface area contributed by atoms with Crippen molar-refractivity contribution in [2.24, 2.45) is 0 Å². The monoisotopic (exact) mass is 205 g/mol. The van der Waals surface area contributed by atoms with Crippen LogP contribution in [0.25, 0.3) is 0 Å². The average Bonchev–Trinajstić information content (AvgIpc) is 2.79. The quantitative estimate of drug-likeness (QED) is 0.763. The van der Waals surface area contributed by atoms with Crippen molar-refractivity contribution < 1.29 is 9.53 Å². The molecular formula is C12H15NO2. The van der Waals surface area contributed by atoms with Gasteiger partial charge in [-0.2, -0.15) is 0 Å². The lowest BCUT2D eigenvalue weighted by Gasteiger charge is -2.28. The Balaban J connectivity index is 2.37. The van der Waals surface area contributed by atoms with Crippen molar-refractivity contribution in [2.75, 3.05) is 13.7 Å². The molecule has 0 saturated carbocycles. The van der Waals surface area contributed by atoms with Crippen molar-refractivity contribution in [3.05, 3.63) is 35.4 Å². The Morgan fingerprint density at radius 2 is 2.40 bits per heavy atom. The Kier molecular flexibility index (Phi) is 2.84. The summed E-state index contributed by atoms with van der Waals surface area (Å²) >= 11 is 0. The Bertz CT molecular complexity index is 356. The molecule has 80 valence electrons. The van der Waals surface area contributed by atoms with Gasteiger partial charge in [0.2, 0.25) is 0 Å². The van der Waals surface area contributed by atoms with Gasteiger partial charge in [0, 0.05) is 12.7 Å². The average molecular weight is 205 g/mol. The van der Waals surface area contributed by atoms with Crippen LogP contribution in [0.15, 0.2) is 24.3 Å². The minimum absolute atomic E-state index is 0.390. The summed E-state index contributed by atoms with van der Waals surface area (Å²) in [6.45, 7) is 0.957. The van der Waals surface area contributed by atoms with E-state index in [9.17, 15) is 4.79 Å². The first-order valence-corrected chi connectivity index (χ1v) is 5.17. The summed E-state index contributed by atoms with van der Waals surface area (Å²) in [6.07, 6.45) is 2.91. The van der Waals surface area contributed by atoms with Crippen LogP contribution in [0.3, 0.4) is 0 Å². The summed E-state index contributed by atoms with van der Waals surface area (Å²) < 4.78 is 5.56. The summed E-state index contributed by atoms with van der Waals surface area (Å²) in [5.41, 5.74) is 1.34. The van der Waals surface area contributed by atoms with Crippen LogP contribution in [0.2, 0.25) is 0 Å². The number of benzene rings is 1. The minimum atomic E-state index is -0.390. The molecule has 1 heterocycles. The first kappa shape index (κ1) is 10.3. The largest absolute Gasteiger partial charge is 0.360 e. The van der Waals surface area contributed by atoms with E-state index >= 15 is 0 Å². The molecule has 1 aliphatic rings. The van der Waals surface area contributed by atoms with E-state index in [1.165, 1.54) is 0 Å². The molecular weight excluding hydrogens is 190 g/mol. The predicted octanol–water partition coefficient (Wildman–Crippen LogP) is 1.68. The van der Waals surface area contributed by atoms with Gasteiger partial charge in [0.05, 0.1) is 0 Å². The molecule has 15 heavy (non-hydrogen) atoms. The molecule has 0 bridgehead atoms. The Morgan fingerprint density at radius 3 is 3.00 bits per heavy atom. The van der Waals surface area contributed by atoms with E-state index in [2.05, 4.69) is 5.32 Å². The highest BCUT2D eigenvalue weighted by Crippen LogP contribution is 2.31. The predicted molar refractivity (Wildman–Crippen MR) is 57.8 cm³/mol. The maximum Gasteiger partial charge on any atom is 0.150 e. The van der Waals surface area contributed by atoms with Crippen LogP contribution in [-0.4, -0.2) is 19.9 Å². The van der Waals surface area contributed by atoms with Crippen LogP contribution < -0.4 is 5.32 Å². The number of methoxy groups -OCH3 is 1. The van der Waals surface area contributed by atoms with E-state index < -0.39 is 0 Å². The van der Waals surface area contributed by atoms with Gasteiger partial charge in [0.1, 0.15) is 12.0 Å². The standard InChI is InChI=1S/C12H15NO2/c1-15-12(6-3-7-13-12)11-5-2-4-10(8-11)9-14/h2,4-5,8-9,13H,3,6-7H2,1H3/t12-/m1/s1. The topological polar surface area (TPSA) is 38.3 Å². The number of aldehydes is 1. The van der Waals surface area contributed by atoms with E-state index in [1.807, 2.05) is 18.2 Å². The van der Waals surface area contributed by atoms with Crippen LogP contribution in [0.1, 0.15) is 28.8 Å². The van der Waals surface area contributed by atoms with Crippen molar-refractivity contribution in [3.63, 3.8) is 0 Å². The molecule has 1 aliphatic heterocycles. The third kappa shape index (κ3) is 1.80. The molecule has 3 heteroatoms. The number of carbonyl (C=O) groups is 1. The summed E-state index contributed by atoms with van der Waals surface area (Å²) in [5.74, 6) is 0. The van der Waals surface area contributed by atoms with E-state index in [0.717, 1.165) is 31.2 Å². The number of nitrogens with one attached hydrogen (secondary N) is 1. The maximum atomic E-state index is 10.7. The second-order valence-electron chi connectivity index (χ2n) is 3.80. The summed E-state index contributed by atoms with van der Waals surface area (Å²) in [5, 5.41) is 3.35. The summed E-state index contributed by atoms with van der Waals surface area (Å²) in [7, 11) is 1.70. The zero-order valence-corrected chi connectivity index (χ0v) is 8.82. The first-order valence-electron chi connectivity index (χ1n) is 5.17. The second kappa shape index (κ2) is 4.13.